The molecule has 1 fully saturated rings. The second-order valence-corrected chi connectivity index (χ2v) is 6.42. The van der Waals surface area contributed by atoms with Gasteiger partial charge in [-0.3, -0.25) is 9.59 Å². The van der Waals surface area contributed by atoms with E-state index in [1.807, 2.05) is 0 Å². The summed E-state index contributed by atoms with van der Waals surface area (Å²) in [5.41, 5.74) is 1.39. The molecule has 0 bridgehead atoms. The van der Waals surface area contributed by atoms with Crippen molar-refractivity contribution in [2.45, 2.75) is 25.9 Å². The van der Waals surface area contributed by atoms with Crippen LogP contribution >= 0.6 is 11.6 Å². The summed E-state index contributed by atoms with van der Waals surface area (Å²) in [6.45, 7) is 3.54. The summed E-state index contributed by atoms with van der Waals surface area (Å²) in [5, 5.41) is 12.5. The Kier molecular flexibility index (Phi) is 7.52. The number of benzene rings is 1. The lowest BCUT2D eigenvalue weighted by atomic mass is 9.97. The minimum Gasteiger partial charge on any atom is -0.466 e. The van der Waals surface area contributed by atoms with E-state index in [1.54, 1.807) is 36.1 Å². The number of alkyl halides is 1. The highest BCUT2D eigenvalue weighted by Gasteiger charge is 2.29. The van der Waals surface area contributed by atoms with Gasteiger partial charge in [0, 0.05) is 30.9 Å². The van der Waals surface area contributed by atoms with Gasteiger partial charge >= 0.3 is 5.97 Å². The van der Waals surface area contributed by atoms with Crippen LogP contribution in [0.1, 0.15) is 30.1 Å². The molecule has 1 aromatic carbocycles. The third-order valence-electron chi connectivity index (χ3n) is 4.18. The fourth-order valence-corrected chi connectivity index (χ4v) is 2.93. The Hall–Kier alpha value is -1.79. The summed E-state index contributed by atoms with van der Waals surface area (Å²) in [6, 6.07) is 7.07. The summed E-state index contributed by atoms with van der Waals surface area (Å²) in [4.78, 5) is 26.3. The molecule has 0 radical (unpaired) electrons. The molecule has 2 atom stereocenters. The molecule has 0 saturated carbocycles. The number of likely N-dealkylation sites (tertiary alicyclic amines) is 1. The highest BCUT2D eigenvalue weighted by atomic mass is 35.5. The van der Waals surface area contributed by atoms with E-state index in [0.717, 1.165) is 18.5 Å². The molecule has 138 valence electrons. The number of anilines is 1. The molecule has 25 heavy (non-hydrogen) atoms. The molecule has 0 aliphatic carbocycles. The fraction of sp³-hybridized carbons (Fsp3) is 0.556. The van der Waals surface area contributed by atoms with Crippen LogP contribution in [0.25, 0.3) is 0 Å². The molecule has 1 heterocycles. The van der Waals surface area contributed by atoms with Crippen LogP contribution in [0, 0.1) is 5.92 Å². The standard InChI is InChI=1S/C18H25ClN2O4/c1-2-25-18(24)14-4-3-9-21(12-14)17(23)13-5-7-15(8-6-13)20-11-16(22)10-19/h5-8,14,16,20,22H,2-4,9-12H2,1H3. The third kappa shape index (κ3) is 5.61. The lowest BCUT2D eigenvalue weighted by Crippen LogP contribution is -2.42. The molecule has 0 spiro atoms. The molecule has 1 aromatic rings. The van der Waals surface area contributed by atoms with E-state index in [0.29, 0.717) is 31.8 Å². The molecular formula is C18H25ClN2O4. The van der Waals surface area contributed by atoms with Gasteiger partial charge in [0.2, 0.25) is 0 Å². The molecular weight excluding hydrogens is 344 g/mol. The second kappa shape index (κ2) is 9.63. The highest BCUT2D eigenvalue weighted by Crippen LogP contribution is 2.20. The summed E-state index contributed by atoms with van der Waals surface area (Å²) in [6.07, 6.45) is 0.940. The Morgan fingerprint density at radius 2 is 2.12 bits per heavy atom. The zero-order valence-electron chi connectivity index (χ0n) is 14.4. The molecule has 2 N–H and O–H groups in total. The van der Waals surface area contributed by atoms with Gasteiger partial charge in [-0.05, 0) is 44.0 Å². The smallest absolute Gasteiger partial charge is 0.310 e. The van der Waals surface area contributed by atoms with E-state index in [2.05, 4.69) is 5.32 Å². The molecule has 0 aromatic heterocycles. The molecule has 7 heteroatoms. The first-order valence-electron chi connectivity index (χ1n) is 8.59. The van der Waals surface area contributed by atoms with Crippen molar-refractivity contribution >= 4 is 29.2 Å². The minimum absolute atomic E-state index is 0.0821. The zero-order valence-corrected chi connectivity index (χ0v) is 15.2. The number of carbonyl (C=O) groups is 2. The average molecular weight is 369 g/mol. The first-order chi connectivity index (χ1) is 12.0. The van der Waals surface area contributed by atoms with Crippen molar-refractivity contribution in [3.8, 4) is 0 Å². The molecule has 2 unspecified atom stereocenters. The van der Waals surface area contributed by atoms with E-state index in [9.17, 15) is 14.7 Å². The molecule has 1 aliphatic heterocycles. The van der Waals surface area contributed by atoms with Crippen LogP contribution in [0.3, 0.4) is 0 Å². The fourth-order valence-electron chi connectivity index (χ4n) is 2.82. The van der Waals surface area contributed by atoms with Crippen LogP contribution < -0.4 is 5.32 Å². The number of piperidine rings is 1. The van der Waals surface area contributed by atoms with E-state index in [1.165, 1.54) is 0 Å². The normalized spacial score (nSPS) is 18.5. The van der Waals surface area contributed by atoms with E-state index in [4.69, 9.17) is 16.3 Å². The number of nitrogens with zero attached hydrogens (tertiary/aromatic N) is 1. The van der Waals surface area contributed by atoms with Crippen molar-refractivity contribution in [1.82, 2.24) is 4.90 Å². The Balaban J connectivity index is 1.94. The van der Waals surface area contributed by atoms with E-state index in [-0.39, 0.29) is 23.7 Å². The van der Waals surface area contributed by atoms with Gasteiger partial charge in [0.1, 0.15) is 0 Å². The Morgan fingerprint density at radius 1 is 1.40 bits per heavy atom. The number of rotatable bonds is 7. The number of hydrogen-bond acceptors (Lipinski definition) is 5. The predicted molar refractivity (Wildman–Crippen MR) is 96.9 cm³/mol. The van der Waals surface area contributed by atoms with Crippen LogP contribution in [0.5, 0.6) is 0 Å². The summed E-state index contributed by atoms with van der Waals surface area (Å²) >= 11 is 5.55. The van der Waals surface area contributed by atoms with Crippen molar-refractivity contribution in [3.63, 3.8) is 0 Å². The van der Waals surface area contributed by atoms with Gasteiger partial charge in [-0.15, -0.1) is 11.6 Å². The van der Waals surface area contributed by atoms with Crippen LogP contribution in [-0.2, 0) is 9.53 Å². The van der Waals surface area contributed by atoms with Crippen molar-refractivity contribution in [2.75, 3.05) is 37.4 Å². The van der Waals surface area contributed by atoms with Gasteiger partial charge in [0.05, 0.1) is 24.5 Å². The summed E-state index contributed by atoms with van der Waals surface area (Å²) in [5.74, 6) is -0.380. The van der Waals surface area contributed by atoms with E-state index < -0.39 is 6.10 Å². The first-order valence-corrected chi connectivity index (χ1v) is 9.12. The van der Waals surface area contributed by atoms with E-state index >= 15 is 0 Å². The Morgan fingerprint density at radius 3 is 2.76 bits per heavy atom. The summed E-state index contributed by atoms with van der Waals surface area (Å²) < 4.78 is 5.07. The Labute approximate surface area is 153 Å². The minimum atomic E-state index is -0.615. The number of halogens is 1. The van der Waals surface area contributed by atoms with Crippen molar-refractivity contribution in [2.24, 2.45) is 5.92 Å². The van der Waals surface area contributed by atoms with Gasteiger partial charge in [0.15, 0.2) is 0 Å². The van der Waals surface area contributed by atoms with Crippen molar-refractivity contribution in [3.05, 3.63) is 29.8 Å². The highest BCUT2D eigenvalue weighted by molar-refractivity contribution is 6.18. The van der Waals surface area contributed by atoms with Gasteiger partial charge in [-0.2, -0.15) is 0 Å². The quantitative estimate of drug-likeness (QED) is 0.569. The Bertz CT molecular complexity index is 579. The lowest BCUT2D eigenvalue weighted by Gasteiger charge is -2.31. The number of carbonyl (C=O) groups excluding carboxylic acids is 2. The maximum Gasteiger partial charge on any atom is 0.310 e. The monoisotopic (exact) mass is 368 g/mol. The number of aliphatic hydroxyl groups excluding tert-OH is 1. The lowest BCUT2D eigenvalue weighted by molar-refractivity contribution is -0.149. The first kappa shape index (κ1) is 19.5. The third-order valence-corrected chi connectivity index (χ3v) is 4.54. The average Bonchev–Trinajstić information content (AvgIpc) is 2.66. The molecule has 1 amide bonds. The number of aliphatic hydroxyl groups is 1. The number of amides is 1. The zero-order chi connectivity index (χ0) is 18.2. The van der Waals surface area contributed by atoms with Crippen LogP contribution in [0.4, 0.5) is 5.69 Å². The van der Waals surface area contributed by atoms with Gasteiger partial charge in [-0.1, -0.05) is 0 Å². The maximum absolute atomic E-state index is 12.6. The largest absolute Gasteiger partial charge is 0.466 e. The maximum atomic E-state index is 12.6. The molecule has 6 nitrogen and oxygen atoms in total. The second-order valence-electron chi connectivity index (χ2n) is 6.11. The SMILES string of the molecule is CCOC(=O)C1CCCN(C(=O)c2ccc(NCC(O)CCl)cc2)C1. The van der Waals surface area contributed by atoms with Gasteiger partial charge < -0.3 is 20.1 Å². The predicted octanol–water partition coefficient (Wildman–Crippen LogP) is 2.11. The number of hydrogen-bond donors (Lipinski definition) is 2. The van der Waals surface area contributed by atoms with Crippen molar-refractivity contribution < 1.29 is 19.4 Å². The molecule has 2 rings (SSSR count). The van der Waals surface area contributed by atoms with Gasteiger partial charge in [0.25, 0.3) is 5.91 Å². The van der Waals surface area contributed by atoms with Crippen LogP contribution in [-0.4, -0.2) is 60.1 Å². The van der Waals surface area contributed by atoms with Gasteiger partial charge in [-0.25, -0.2) is 0 Å². The topological polar surface area (TPSA) is 78.9 Å². The van der Waals surface area contributed by atoms with Crippen molar-refractivity contribution in [1.29, 1.82) is 0 Å². The number of esters is 1. The van der Waals surface area contributed by atoms with Crippen LogP contribution in [0.2, 0.25) is 0 Å². The molecule has 1 saturated heterocycles. The molecule has 1 aliphatic rings. The number of ether oxygens (including phenoxy) is 1. The van der Waals surface area contributed by atoms with Crippen LogP contribution in [0.15, 0.2) is 24.3 Å². The summed E-state index contributed by atoms with van der Waals surface area (Å²) in [7, 11) is 0. The number of nitrogens with one attached hydrogen (secondary N) is 1.